The molecule has 0 aliphatic carbocycles. The van der Waals surface area contributed by atoms with Gasteiger partial charge in [-0.25, -0.2) is 0 Å². The lowest BCUT2D eigenvalue weighted by molar-refractivity contribution is -0.138. The van der Waals surface area contributed by atoms with Gasteiger partial charge in [-0.2, -0.15) is 5.10 Å². The third-order valence-corrected chi connectivity index (χ3v) is 4.97. The van der Waals surface area contributed by atoms with E-state index in [0.717, 1.165) is 28.6 Å². The number of nitrogens with one attached hydrogen (secondary N) is 1. The van der Waals surface area contributed by atoms with Crippen molar-refractivity contribution in [2.45, 2.75) is 25.2 Å². The Kier molecular flexibility index (Phi) is 6.44. The fourth-order valence-electron chi connectivity index (χ4n) is 2.39. The highest BCUT2D eigenvalue weighted by Gasteiger charge is 2.32. The highest BCUT2D eigenvalue weighted by Crippen LogP contribution is 2.22. The molecule has 0 bridgehead atoms. The number of benzene rings is 2. The van der Waals surface area contributed by atoms with Crippen LogP contribution in [-0.4, -0.2) is 33.6 Å². The number of carboxylic acid groups (broad SMARTS) is 1. The van der Waals surface area contributed by atoms with E-state index in [9.17, 15) is 9.59 Å². The molecule has 1 heterocycles. The summed E-state index contributed by atoms with van der Waals surface area (Å²) in [5.74, 6) is -0.641. The second-order valence-corrected chi connectivity index (χ2v) is 7.38. The number of amidine groups is 1. The van der Waals surface area contributed by atoms with E-state index in [-0.39, 0.29) is 12.3 Å². The minimum atomic E-state index is -1.03. The number of carbonyl (C=O) groups is 2. The zero-order chi connectivity index (χ0) is 19.9. The van der Waals surface area contributed by atoms with Crippen molar-refractivity contribution in [1.29, 1.82) is 0 Å². The molecule has 7 nitrogen and oxygen atoms in total. The molecule has 1 aliphatic rings. The summed E-state index contributed by atoms with van der Waals surface area (Å²) < 4.78 is 5.76. The molecule has 0 aromatic heterocycles. The number of carboxylic acids is 1. The monoisotopic (exact) mass is 397 g/mol. The van der Waals surface area contributed by atoms with Gasteiger partial charge in [-0.3, -0.25) is 9.59 Å². The Labute approximate surface area is 166 Å². The van der Waals surface area contributed by atoms with Crippen molar-refractivity contribution in [3.63, 3.8) is 0 Å². The Bertz CT molecular complexity index is 908. The summed E-state index contributed by atoms with van der Waals surface area (Å²) in [5.41, 5.74) is 3.14. The third-order valence-electron chi connectivity index (χ3n) is 3.90. The molecule has 0 saturated carbocycles. The molecule has 28 heavy (non-hydrogen) atoms. The summed E-state index contributed by atoms with van der Waals surface area (Å²) in [4.78, 5) is 22.3. The van der Waals surface area contributed by atoms with Gasteiger partial charge in [0, 0.05) is 0 Å². The van der Waals surface area contributed by atoms with E-state index in [1.807, 2.05) is 43.3 Å². The van der Waals surface area contributed by atoms with Crippen molar-refractivity contribution in [3.8, 4) is 5.75 Å². The van der Waals surface area contributed by atoms with E-state index in [0.29, 0.717) is 11.8 Å². The van der Waals surface area contributed by atoms with Gasteiger partial charge in [0.1, 0.15) is 17.6 Å². The largest absolute Gasteiger partial charge is 0.489 e. The summed E-state index contributed by atoms with van der Waals surface area (Å²) in [6.45, 7) is 2.54. The number of carbonyl (C=O) groups excluding carboxylic acids is 1. The van der Waals surface area contributed by atoms with Gasteiger partial charge in [0.2, 0.25) is 5.91 Å². The smallest absolute Gasteiger partial charge is 0.305 e. The molecule has 2 aromatic carbocycles. The Morgan fingerprint density at radius 2 is 1.93 bits per heavy atom. The van der Waals surface area contributed by atoms with Gasteiger partial charge >= 0.3 is 5.97 Å². The summed E-state index contributed by atoms with van der Waals surface area (Å²) in [6, 6.07) is 15.6. The topological polar surface area (TPSA) is 100 Å². The molecule has 144 valence electrons. The van der Waals surface area contributed by atoms with Crippen LogP contribution in [0.15, 0.2) is 58.7 Å². The van der Waals surface area contributed by atoms with Gasteiger partial charge in [0.15, 0.2) is 5.17 Å². The molecule has 0 radical (unpaired) electrons. The van der Waals surface area contributed by atoms with Gasteiger partial charge in [-0.05, 0) is 42.3 Å². The second-order valence-electron chi connectivity index (χ2n) is 6.19. The van der Waals surface area contributed by atoms with Crippen molar-refractivity contribution in [1.82, 2.24) is 5.32 Å². The SMILES string of the molecule is Cc1ccc(COc2ccc(/C=N/N=C3\NC(=O)C(CC(=O)O)S3)cc2)cc1. The minimum absolute atomic E-state index is 0.247. The second kappa shape index (κ2) is 9.18. The van der Waals surface area contributed by atoms with Gasteiger partial charge < -0.3 is 15.2 Å². The summed E-state index contributed by atoms with van der Waals surface area (Å²) in [6.07, 6.45) is 1.30. The summed E-state index contributed by atoms with van der Waals surface area (Å²) in [5, 5.41) is 18.8. The average Bonchev–Trinajstić information content (AvgIpc) is 3.01. The lowest BCUT2D eigenvalue weighted by atomic mass is 10.2. The van der Waals surface area contributed by atoms with Crippen LogP contribution in [0, 0.1) is 6.92 Å². The first-order chi connectivity index (χ1) is 13.5. The fraction of sp³-hybridized carbons (Fsp3) is 0.200. The number of nitrogens with zero attached hydrogens (tertiary/aromatic N) is 2. The van der Waals surface area contributed by atoms with E-state index < -0.39 is 11.2 Å². The highest BCUT2D eigenvalue weighted by atomic mass is 32.2. The van der Waals surface area contributed by atoms with Crippen molar-refractivity contribution in [2.24, 2.45) is 10.2 Å². The quantitative estimate of drug-likeness (QED) is 0.553. The first kappa shape index (κ1) is 19.6. The first-order valence-electron chi connectivity index (χ1n) is 8.58. The number of amides is 1. The van der Waals surface area contributed by atoms with E-state index in [1.165, 1.54) is 5.56 Å². The standard InChI is InChI=1S/C20H19N3O4S/c1-13-2-4-15(5-3-13)12-27-16-8-6-14(7-9-16)11-21-23-20-22-19(26)17(28-20)10-18(24)25/h2-9,11,17H,10,12H2,1H3,(H,24,25)(H,22,23,26)/b21-11+. The van der Waals surface area contributed by atoms with Crippen molar-refractivity contribution in [2.75, 3.05) is 0 Å². The van der Waals surface area contributed by atoms with Crippen molar-refractivity contribution in [3.05, 3.63) is 65.2 Å². The fourth-order valence-corrected chi connectivity index (χ4v) is 3.31. The first-order valence-corrected chi connectivity index (χ1v) is 9.46. The van der Waals surface area contributed by atoms with Gasteiger partial charge in [0.05, 0.1) is 12.6 Å². The zero-order valence-electron chi connectivity index (χ0n) is 15.2. The molecule has 8 heteroatoms. The molecule has 1 amide bonds. The van der Waals surface area contributed by atoms with Crippen LogP contribution in [0.3, 0.4) is 0 Å². The minimum Gasteiger partial charge on any atom is -0.489 e. The van der Waals surface area contributed by atoms with Crippen LogP contribution in [0.5, 0.6) is 5.75 Å². The van der Waals surface area contributed by atoms with Crippen LogP contribution in [0.25, 0.3) is 0 Å². The van der Waals surface area contributed by atoms with Crippen molar-refractivity contribution < 1.29 is 19.4 Å². The zero-order valence-corrected chi connectivity index (χ0v) is 16.0. The Hall–Kier alpha value is -3.13. The predicted octanol–water partition coefficient (Wildman–Crippen LogP) is 2.97. The lowest BCUT2D eigenvalue weighted by Gasteiger charge is -2.06. The van der Waals surface area contributed by atoms with E-state index >= 15 is 0 Å². The van der Waals surface area contributed by atoms with Gasteiger partial charge in [-0.1, -0.05) is 41.6 Å². The molecule has 3 rings (SSSR count). The summed E-state index contributed by atoms with van der Waals surface area (Å²) >= 11 is 1.06. The number of hydrogen-bond acceptors (Lipinski definition) is 6. The molecule has 2 N–H and O–H groups in total. The maximum Gasteiger partial charge on any atom is 0.305 e. The summed E-state index contributed by atoms with van der Waals surface area (Å²) in [7, 11) is 0. The van der Waals surface area contributed by atoms with Crippen LogP contribution in [-0.2, 0) is 16.2 Å². The van der Waals surface area contributed by atoms with Gasteiger partial charge in [0.25, 0.3) is 0 Å². The molecule has 1 fully saturated rings. The molecule has 1 aliphatic heterocycles. The van der Waals surface area contributed by atoms with Crippen LogP contribution in [0.1, 0.15) is 23.1 Å². The Morgan fingerprint density at radius 3 is 2.61 bits per heavy atom. The molecular weight excluding hydrogens is 378 g/mol. The Morgan fingerprint density at radius 1 is 1.21 bits per heavy atom. The highest BCUT2D eigenvalue weighted by molar-refractivity contribution is 8.15. The van der Waals surface area contributed by atoms with Crippen LogP contribution >= 0.6 is 11.8 Å². The molecular formula is C20H19N3O4S. The van der Waals surface area contributed by atoms with E-state index in [1.54, 1.807) is 6.21 Å². The van der Waals surface area contributed by atoms with Crippen LogP contribution in [0.4, 0.5) is 0 Å². The molecule has 2 aromatic rings. The van der Waals surface area contributed by atoms with E-state index in [4.69, 9.17) is 9.84 Å². The molecule has 1 atom stereocenters. The normalized spacial score (nSPS) is 17.8. The Balaban J connectivity index is 1.52. The predicted molar refractivity (Wildman–Crippen MR) is 109 cm³/mol. The number of hydrogen-bond donors (Lipinski definition) is 2. The maximum atomic E-state index is 11.6. The number of aryl methyl sites for hydroxylation is 1. The third kappa shape index (κ3) is 5.68. The lowest BCUT2D eigenvalue weighted by Crippen LogP contribution is -2.26. The number of thioether (sulfide) groups is 1. The van der Waals surface area contributed by atoms with Crippen molar-refractivity contribution >= 4 is 35.0 Å². The average molecular weight is 397 g/mol. The van der Waals surface area contributed by atoms with Gasteiger partial charge in [-0.15, -0.1) is 5.10 Å². The number of aliphatic carboxylic acids is 1. The van der Waals surface area contributed by atoms with Crippen LogP contribution < -0.4 is 10.1 Å². The van der Waals surface area contributed by atoms with E-state index in [2.05, 4.69) is 27.7 Å². The number of ether oxygens (including phenoxy) is 1. The van der Waals surface area contributed by atoms with Crippen LogP contribution in [0.2, 0.25) is 0 Å². The molecule has 0 spiro atoms. The maximum absolute atomic E-state index is 11.6. The number of rotatable bonds is 7. The molecule has 1 unspecified atom stereocenters. The molecule has 1 saturated heterocycles.